The SMILES string of the molecule is O=C(NCCc1ccccc1)c1cnc(-c2ccccc2)nc1. The predicted octanol–water partition coefficient (Wildman–Crippen LogP) is 3.12. The maximum Gasteiger partial charge on any atom is 0.254 e. The number of carbonyl (C=O) groups excluding carboxylic acids is 1. The van der Waals surface area contributed by atoms with Crippen LogP contribution in [0.3, 0.4) is 0 Å². The van der Waals surface area contributed by atoms with Crippen LogP contribution in [0.5, 0.6) is 0 Å². The van der Waals surface area contributed by atoms with E-state index in [1.54, 1.807) is 12.4 Å². The van der Waals surface area contributed by atoms with Crippen LogP contribution in [-0.4, -0.2) is 22.4 Å². The van der Waals surface area contributed by atoms with Crippen LogP contribution < -0.4 is 5.32 Å². The van der Waals surface area contributed by atoms with Crippen molar-refractivity contribution < 1.29 is 4.79 Å². The third-order valence-corrected chi connectivity index (χ3v) is 3.49. The summed E-state index contributed by atoms with van der Waals surface area (Å²) in [5.41, 5.74) is 2.60. The Hall–Kier alpha value is -3.01. The van der Waals surface area contributed by atoms with Crippen molar-refractivity contribution in [3.05, 3.63) is 84.2 Å². The first-order valence-corrected chi connectivity index (χ1v) is 7.52. The molecule has 0 aliphatic rings. The van der Waals surface area contributed by atoms with Crippen LogP contribution in [0.25, 0.3) is 11.4 Å². The maximum atomic E-state index is 12.1. The lowest BCUT2D eigenvalue weighted by Gasteiger charge is -2.06. The van der Waals surface area contributed by atoms with Gasteiger partial charge in [0.15, 0.2) is 5.82 Å². The zero-order valence-corrected chi connectivity index (χ0v) is 12.6. The van der Waals surface area contributed by atoms with Crippen molar-refractivity contribution in [3.63, 3.8) is 0 Å². The van der Waals surface area contributed by atoms with E-state index in [1.165, 1.54) is 5.56 Å². The number of carbonyl (C=O) groups is 1. The Labute approximate surface area is 135 Å². The van der Waals surface area contributed by atoms with Gasteiger partial charge in [-0.25, -0.2) is 9.97 Å². The van der Waals surface area contributed by atoms with Gasteiger partial charge >= 0.3 is 0 Å². The highest BCUT2D eigenvalue weighted by Gasteiger charge is 2.07. The van der Waals surface area contributed by atoms with E-state index in [4.69, 9.17) is 0 Å². The first-order valence-electron chi connectivity index (χ1n) is 7.52. The molecule has 0 atom stereocenters. The van der Waals surface area contributed by atoms with E-state index >= 15 is 0 Å². The topological polar surface area (TPSA) is 54.9 Å². The minimum Gasteiger partial charge on any atom is -0.352 e. The highest BCUT2D eigenvalue weighted by atomic mass is 16.1. The first kappa shape index (κ1) is 14.9. The molecule has 1 heterocycles. The highest BCUT2D eigenvalue weighted by Crippen LogP contribution is 2.13. The molecule has 23 heavy (non-hydrogen) atoms. The second-order valence-electron chi connectivity index (χ2n) is 5.15. The van der Waals surface area contributed by atoms with Gasteiger partial charge in [0.25, 0.3) is 5.91 Å². The number of benzene rings is 2. The molecule has 0 bridgehead atoms. The fourth-order valence-corrected chi connectivity index (χ4v) is 2.25. The highest BCUT2D eigenvalue weighted by molar-refractivity contribution is 5.93. The zero-order chi connectivity index (χ0) is 15.9. The molecule has 1 amide bonds. The second kappa shape index (κ2) is 7.31. The summed E-state index contributed by atoms with van der Waals surface area (Å²) < 4.78 is 0. The van der Waals surface area contributed by atoms with Gasteiger partial charge in [-0.3, -0.25) is 4.79 Å². The fraction of sp³-hybridized carbons (Fsp3) is 0.105. The maximum absolute atomic E-state index is 12.1. The largest absolute Gasteiger partial charge is 0.352 e. The van der Waals surface area contributed by atoms with Crippen LogP contribution in [0.2, 0.25) is 0 Å². The van der Waals surface area contributed by atoms with Crippen molar-refractivity contribution in [2.75, 3.05) is 6.54 Å². The lowest BCUT2D eigenvalue weighted by molar-refractivity contribution is 0.0953. The Morgan fingerprint density at radius 3 is 2.13 bits per heavy atom. The van der Waals surface area contributed by atoms with E-state index in [0.717, 1.165) is 12.0 Å². The molecule has 0 aliphatic carbocycles. The summed E-state index contributed by atoms with van der Waals surface area (Å²) in [6.07, 6.45) is 3.93. The fourth-order valence-electron chi connectivity index (χ4n) is 2.25. The summed E-state index contributed by atoms with van der Waals surface area (Å²) in [5, 5.41) is 2.89. The predicted molar refractivity (Wildman–Crippen MR) is 89.9 cm³/mol. The van der Waals surface area contributed by atoms with Crippen molar-refractivity contribution in [2.45, 2.75) is 6.42 Å². The summed E-state index contributed by atoms with van der Waals surface area (Å²) in [5.74, 6) is 0.465. The summed E-state index contributed by atoms with van der Waals surface area (Å²) in [6.45, 7) is 0.587. The lowest BCUT2D eigenvalue weighted by Crippen LogP contribution is -2.26. The van der Waals surface area contributed by atoms with Gasteiger partial charge in [0.2, 0.25) is 0 Å². The van der Waals surface area contributed by atoms with Crippen LogP contribution in [0.15, 0.2) is 73.1 Å². The smallest absolute Gasteiger partial charge is 0.254 e. The molecule has 114 valence electrons. The molecule has 0 aliphatic heterocycles. The van der Waals surface area contributed by atoms with Gasteiger partial charge in [-0.1, -0.05) is 60.7 Å². The van der Waals surface area contributed by atoms with Gasteiger partial charge in [-0.05, 0) is 12.0 Å². The van der Waals surface area contributed by atoms with Gasteiger partial charge in [0.1, 0.15) is 0 Å². The van der Waals surface area contributed by atoms with Crippen LogP contribution in [0.1, 0.15) is 15.9 Å². The van der Waals surface area contributed by atoms with Crippen LogP contribution >= 0.6 is 0 Å². The first-order chi connectivity index (χ1) is 11.3. The molecule has 2 aromatic carbocycles. The Balaban J connectivity index is 1.58. The molecule has 4 nitrogen and oxygen atoms in total. The molecule has 0 saturated heterocycles. The van der Waals surface area contributed by atoms with E-state index in [0.29, 0.717) is 17.9 Å². The lowest BCUT2D eigenvalue weighted by atomic mass is 10.1. The normalized spacial score (nSPS) is 10.3. The number of aromatic nitrogens is 2. The molecule has 3 aromatic rings. The Morgan fingerprint density at radius 1 is 0.870 bits per heavy atom. The number of nitrogens with one attached hydrogen (secondary N) is 1. The Kier molecular flexibility index (Phi) is 4.74. The average molecular weight is 303 g/mol. The minimum atomic E-state index is -0.152. The van der Waals surface area contributed by atoms with E-state index in [9.17, 15) is 4.79 Å². The summed E-state index contributed by atoms with van der Waals surface area (Å²) in [4.78, 5) is 20.6. The molecule has 0 radical (unpaired) electrons. The van der Waals surface area contributed by atoms with E-state index in [-0.39, 0.29) is 5.91 Å². The van der Waals surface area contributed by atoms with Gasteiger partial charge in [0.05, 0.1) is 5.56 Å². The molecule has 4 heteroatoms. The Morgan fingerprint density at radius 2 is 1.48 bits per heavy atom. The van der Waals surface area contributed by atoms with Crippen molar-refractivity contribution in [2.24, 2.45) is 0 Å². The van der Waals surface area contributed by atoms with E-state index in [2.05, 4.69) is 15.3 Å². The molecule has 1 aromatic heterocycles. The summed E-state index contributed by atoms with van der Waals surface area (Å²) in [6, 6.07) is 19.7. The number of hydrogen-bond acceptors (Lipinski definition) is 3. The van der Waals surface area contributed by atoms with E-state index in [1.807, 2.05) is 60.7 Å². The van der Waals surface area contributed by atoms with Crippen molar-refractivity contribution in [1.29, 1.82) is 0 Å². The van der Waals surface area contributed by atoms with Crippen molar-refractivity contribution in [1.82, 2.24) is 15.3 Å². The molecule has 3 rings (SSSR count). The number of hydrogen-bond donors (Lipinski definition) is 1. The van der Waals surface area contributed by atoms with Gasteiger partial charge in [0, 0.05) is 24.5 Å². The van der Waals surface area contributed by atoms with Crippen LogP contribution in [0, 0.1) is 0 Å². The van der Waals surface area contributed by atoms with Gasteiger partial charge in [-0.2, -0.15) is 0 Å². The second-order valence-corrected chi connectivity index (χ2v) is 5.15. The third kappa shape index (κ3) is 4.01. The van der Waals surface area contributed by atoms with E-state index < -0.39 is 0 Å². The monoisotopic (exact) mass is 303 g/mol. The molecular weight excluding hydrogens is 286 g/mol. The van der Waals surface area contributed by atoms with Crippen LogP contribution in [0.4, 0.5) is 0 Å². The molecule has 0 saturated carbocycles. The summed E-state index contributed by atoms with van der Waals surface area (Å²) >= 11 is 0. The molecule has 0 unspecified atom stereocenters. The molecule has 0 spiro atoms. The minimum absolute atomic E-state index is 0.152. The number of nitrogens with zero attached hydrogens (tertiary/aromatic N) is 2. The van der Waals surface area contributed by atoms with Crippen molar-refractivity contribution >= 4 is 5.91 Å². The quantitative estimate of drug-likeness (QED) is 0.788. The molecule has 0 fully saturated rings. The number of amides is 1. The molecular formula is C19H17N3O. The average Bonchev–Trinajstić information content (AvgIpc) is 2.63. The van der Waals surface area contributed by atoms with Gasteiger partial charge < -0.3 is 5.32 Å². The van der Waals surface area contributed by atoms with Crippen LogP contribution in [-0.2, 0) is 6.42 Å². The summed E-state index contributed by atoms with van der Waals surface area (Å²) in [7, 11) is 0. The zero-order valence-electron chi connectivity index (χ0n) is 12.6. The molecule has 1 N–H and O–H groups in total. The number of rotatable bonds is 5. The van der Waals surface area contributed by atoms with Gasteiger partial charge in [-0.15, -0.1) is 0 Å². The Bertz CT molecular complexity index is 756. The van der Waals surface area contributed by atoms with Crippen molar-refractivity contribution in [3.8, 4) is 11.4 Å². The standard InChI is InChI=1S/C19H17N3O/c23-19(20-12-11-15-7-3-1-4-8-15)17-13-21-18(22-14-17)16-9-5-2-6-10-16/h1-10,13-14H,11-12H2,(H,20,23). The third-order valence-electron chi connectivity index (χ3n) is 3.49.